The lowest BCUT2D eigenvalue weighted by Gasteiger charge is -2.24. The lowest BCUT2D eigenvalue weighted by atomic mass is 10.2. The molecule has 1 N–H and O–H groups in total. The highest BCUT2D eigenvalue weighted by atomic mass is 35.5. The molecule has 0 aromatic heterocycles. The minimum absolute atomic E-state index is 0.0105. The first-order valence-electron chi connectivity index (χ1n) is 6.15. The molecule has 5 heteroatoms. The Morgan fingerprint density at radius 3 is 2.53 bits per heavy atom. The Kier molecular flexibility index (Phi) is 5.36. The van der Waals surface area contributed by atoms with Gasteiger partial charge in [0, 0.05) is 23.7 Å². The van der Waals surface area contributed by atoms with Gasteiger partial charge in [-0.25, -0.2) is 0 Å². The number of nitrogens with zero attached hydrogens (tertiary/aromatic N) is 1. The maximum atomic E-state index is 11.9. The third-order valence-electron chi connectivity index (χ3n) is 2.88. The zero-order valence-electron chi connectivity index (χ0n) is 11.7. The largest absolute Gasteiger partial charge is 0.331 e. The van der Waals surface area contributed by atoms with Crippen molar-refractivity contribution in [1.29, 1.82) is 0 Å². The molecule has 0 bridgehead atoms. The average Bonchev–Trinajstić information content (AvgIpc) is 2.31. The highest BCUT2D eigenvalue weighted by Crippen LogP contribution is 2.22. The number of anilines is 1. The molecule has 1 rings (SSSR count). The van der Waals surface area contributed by atoms with E-state index in [2.05, 4.69) is 5.32 Å². The van der Waals surface area contributed by atoms with Gasteiger partial charge in [-0.15, -0.1) is 0 Å². The number of nitrogens with one attached hydrogen (secondary N) is 1. The van der Waals surface area contributed by atoms with Crippen LogP contribution in [0.25, 0.3) is 0 Å². The molecule has 0 saturated heterocycles. The van der Waals surface area contributed by atoms with Crippen molar-refractivity contribution in [3.63, 3.8) is 0 Å². The molecule has 1 aromatic carbocycles. The summed E-state index contributed by atoms with van der Waals surface area (Å²) < 4.78 is 0. The quantitative estimate of drug-likeness (QED) is 0.923. The maximum Gasteiger partial charge on any atom is 0.244 e. The number of hydrogen-bond donors (Lipinski definition) is 1. The summed E-state index contributed by atoms with van der Waals surface area (Å²) in [6, 6.07) is 5.31. The van der Waals surface area contributed by atoms with Gasteiger partial charge in [0.1, 0.15) is 6.54 Å². The molecule has 0 saturated carbocycles. The first-order valence-corrected chi connectivity index (χ1v) is 6.53. The van der Waals surface area contributed by atoms with E-state index in [4.69, 9.17) is 11.6 Å². The Bertz CT molecular complexity index is 486. The second-order valence-electron chi connectivity index (χ2n) is 4.70. The first-order chi connectivity index (χ1) is 8.82. The van der Waals surface area contributed by atoms with Crippen LogP contribution in [0.5, 0.6) is 0 Å². The molecule has 0 aliphatic carbocycles. The lowest BCUT2D eigenvalue weighted by Crippen LogP contribution is -2.41. The van der Waals surface area contributed by atoms with Crippen molar-refractivity contribution in [2.75, 3.05) is 11.9 Å². The summed E-state index contributed by atoms with van der Waals surface area (Å²) in [6.45, 7) is 7.08. The van der Waals surface area contributed by atoms with Crippen molar-refractivity contribution >= 4 is 29.1 Å². The van der Waals surface area contributed by atoms with Crippen molar-refractivity contribution in [1.82, 2.24) is 4.90 Å². The van der Waals surface area contributed by atoms with Crippen LogP contribution in [0.1, 0.15) is 26.3 Å². The van der Waals surface area contributed by atoms with Crippen molar-refractivity contribution in [3.8, 4) is 0 Å². The SMILES string of the molecule is CC(=O)N(CC(=O)Nc1cccc(Cl)c1C)C(C)C. The van der Waals surface area contributed by atoms with Crippen LogP contribution >= 0.6 is 11.6 Å². The summed E-state index contributed by atoms with van der Waals surface area (Å²) in [4.78, 5) is 24.9. The number of halogens is 1. The van der Waals surface area contributed by atoms with Crippen molar-refractivity contribution < 1.29 is 9.59 Å². The smallest absolute Gasteiger partial charge is 0.244 e. The summed E-state index contributed by atoms with van der Waals surface area (Å²) in [5.41, 5.74) is 1.49. The van der Waals surface area contributed by atoms with Crippen LogP contribution in [0.15, 0.2) is 18.2 Å². The summed E-state index contributed by atoms with van der Waals surface area (Å²) >= 11 is 5.99. The van der Waals surface area contributed by atoms with Gasteiger partial charge < -0.3 is 10.2 Å². The Hall–Kier alpha value is -1.55. The predicted octanol–water partition coefficient (Wildman–Crippen LogP) is 2.84. The van der Waals surface area contributed by atoms with Gasteiger partial charge >= 0.3 is 0 Å². The van der Waals surface area contributed by atoms with Crippen LogP contribution < -0.4 is 5.32 Å². The Balaban J connectivity index is 2.75. The molecule has 104 valence electrons. The second kappa shape index (κ2) is 6.57. The molecule has 0 unspecified atom stereocenters. The monoisotopic (exact) mass is 282 g/mol. The number of benzene rings is 1. The van der Waals surface area contributed by atoms with Crippen LogP contribution in [0.4, 0.5) is 5.69 Å². The van der Waals surface area contributed by atoms with Gasteiger partial charge in [-0.3, -0.25) is 9.59 Å². The third-order valence-corrected chi connectivity index (χ3v) is 3.29. The number of rotatable bonds is 4. The van der Waals surface area contributed by atoms with E-state index in [1.54, 1.807) is 18.2 Å². The van der Waals surface area contributed by atoms with E-state index >= 15 is 0 Å². The molecular weight excluding hydrogens is 264 g/mol. The third kappa shape index (κ3) is 4.24. The van der Waals surface area contributed by atoms with Crippen LogP contribution in [-0.4, -0.2) is 29.3 Å². The van der Waals surface area contributed by atoms with Crippen molar-refractivity contribution in [3.05, 3.63) is 28.8 Å². The molecule has 0 aliphatic rings. The van der Waals surface area contributed by atoms with Crippen LogP contribution in [-0.2, 0) is 9.59 Å². The van der Waals surface area contributed by atoms with Crippen molar-refractivity contribution in [2.24, 2.45) is 0 Å². The molecule has 19 heavy (non-hydrogen) atoms. The van der Waals surface area contributed by atoms with Crippen LogP contribution in [0, 0.1) is 6.92 Å². The second-order valence-corrected chi connectivity index (χ2v) is 5.11. The van der Waals surface area contributed by atoms with Gasteiger partial charge in [-0.05, 0) is 38.5 Å². The standard InChI is InChI=1S/C14H19ClN2O2/c1-9(2)17(11(4)18)8-14(19)16-13-7-5-6-12(15)10(13)3/h5-7,9H,8H2,1-4H3,(H,16,19). The van der Waals surface area contributed by atoms with Gasteiger partial charge in [0.05, 0.1) is 0 Å². The molecule has 0 aliphatic heterocycles. The molecule has 0 atom stereocenters. The van der Waals surface area contributed by atoms with E-state index in [0.717, 1.165) is 5.56 Å². The Labute approximate surface area is 118 Å². The van der Waals surface area contributed by atoms with E-state index in [9.17, 15) is 9.59 Å². The number of hydrogen-bond acceptors (Lipinski definition) is 2. The topological polar surface area (TPSA) is 49.4 Å². The van der Waals surface area contributed by atoms with Crippen LogP contribution in [0.3, 0.4) is 0 Å². The molecule has 1 aromatic rings. The first kappa shape index (κ1) is 15.5. The van der Waals surface area contributed by atoms with E-state index in [-0.39, 0.29) is 24.4 Å². The Morgan fingerprint density at radius 2 is 2.00 bits per heavy atom. The van der Waals surface area contributed by atoms with Gasteiger partial charge in [-0.1, -0.05) is 17.7 Å². The highest BCUT2D eigenvalue weighted by Gasteiger charge is 2.17. The number of carbonyl (C=O) groups is 2. The highest BCUT2D eigenvalue weighted by molar-refractivity contribution is 6.31. The molecule has 2 amide bonds. The summed E-state index contributed by atoms with van der Waals surface area (Å²) in [7, 11) is 0. The summed E-state index contributed by atoms with van der Waals surface area (Å²) in [5.74, 6) is -0.345. The van der Waals surface area contributed by atoms with E-state index < -0.39 is 0 Å². The average molecular weight is 283 g/mol. The molecule has 4 nitrogen and oxygen atoms in total. The molecule has 0 fully saturated rings. The fourth-order valence-corrected chi connectivity index (χ4v) is 1.92. The molecule has 0 heterocycles. The lowest BCUT2D eigenvalue weighted by molar-refractivity contribution is -0.134. The Morgan fingerprint density at radius 1 is 1.37 bits per heavy atom. The maximum absolute atomic E-state index is 11.9. The number of amides is 2. The van der Waals surface area contributed by atoms with Gasteiger partial charge in [0.2, 0.25) is 11.8 Å². The van der Waals surface area contributed by atoms with E-state index in [1.165, 1.54) is 11.8 Å². The molecular formula is C14H19ClN2O2. The van der Waals surface area contributed by atoms with E-state index in [0.29, 0.717) is 10.7 Å². The zero-order chi connectivity index (χ0) is 14.6. The normalized spacial score (nSPS) is 10.4. The molecule has 0 radical (unpaired) electrons. The minimum atomic E-state index is -0.228. The minimum Gasteiger partial charge on any atom is -0.331 e. The van der Waals surface area contributed by atoms with Crippen molar-refractivity contribution in [2.45, 2.75) is 33.7 Å². The van der Waals surface area contributed by atoms with Gasteiger partial charge in [-0.2, -0.15) is 0 Å². The zero-order valence-corrected chi connectivity index (χ0v) is 12.4. The van der Waals surface area contributed by atoms with Crippen LogP contribution in [0.2, 0.25) is 5.02 Å². The summed E-state index contributed by atoms with van der Waals surface area (Å²) in [6.07, 6.45) is 0. The predicted molar refractivity (Wildman–Crippen MR) is 77.3 cm³/mol. The fourth-order valence-electron chi connectivity index (χ4n) is 1.74. The number of carbonyl (C=O) groups excluding carboxylic acids is 2. The van der Waals surface area contributed by atoms with Gasteiger partial charge in [0.25, 0.3) is 0 Å². The van der Waals surface area contributed by atoms with E-state index in [1.807, 2.05) is 20.8 Å². The van der Waals surface area contributed by atoms with Gasteiger partial charge in [0.15, 0.2) is 0 Å². The molecule has 0 spiro atoms. The summed E-state index contributed by atoms with van der Waals surface area (Å²) in [5, 5.41) is 3.38. The fraction of sp³-hybridized carbons (Fsp3) is 0.429.